The van der Waals surface area contributed by atoms with E-state index in [1.807, 2.05) is 4.90 Å². The van der Waals surface area contributed by atoms with Gasteiger partial charge in [0, 0.05) is 18.6 Å². The smallest absolute Gasteiger partial charge is 0.237 e. The Morgan fingerprint density at radius 3 is 2.30 bits per heavy atom. The van der Waals surface area contributed by atoms with E-state index < -0.39 is 11.9 Å². The van der Waals surface area contributed by atoms with Crippen molar-refractivity contribution >= 4 is 11.8 Å². The highest BCUT2D eigenvalue weighted by molar-refractivity contribution is 5.83. The van der Waals surface area contributed by atoms with E-state index in [9.17, 15) is 9.59 Å². The van der Waals surface area contributed by atoms with E-state index >= 15 is 0 Å². The van der Waals surface area contributed by atoms with Crippen molar-refractivity contribution in [1.29, 1.82) is 0 Å². The molecule has 3 aliphatic rings. The van der Waals surface area contributed by atoms with Crippen LogP contribution in [0, 0.1) is 5.92 Å². The number of rotatable bonds is 5. The Hall–Kier alpha value is -1.14. The van der Waals surface area contributed by atoms with E-state index in [2.05, 4.69) is 11.8 Å². The first-order chi connectivity index (χ1) is 11.1. The monoisotopic (exact) mass is 323 g/mol. The van der Waals surface area contributed by atoms with Gasteiger partial charge in [-0.05, 0) is 44.4 Å². The van der Waals surface area contributed by atoms with Gasteiger partial charge in [-0.15, -0.1) is 0 Å². The molecule has 2 N–H and O–H groups in total. The molecule has 6 heteroatoms. The quantitative estimate of drug-likeness (QED) is 0.810. The highest BCUT2D eigenvalue weighted by atomic mass is 16.5. The van der Waals surface area contributed by atoms with Gasteiger partial charge in [-0.1, -0.05) is 6.92 Å². The Kier molecular flexibility index (Phi) is 5.21. The van der Waals surface area contributed by atoms with Gasteiger partial charge in [-0.2, -0.15) is 0 Å². The lowest BCUT2D eigenvalue weighted by molar-refractivity contribution is -0.141. The van der Waals surface area contributed by atoms with Gasteiger partial charge < -0.3 is 15.4 Å². The molecule has 1 saturated heterocycles. The van der Waals surface area contributed by atoms with Gasteiger partial charge in [0.2, 0.25) is 11.8 Å². The summed E-state index contributed by atoms with van der Waals surface area (Å²) in [7, 11) is 0. The van der Waals surface area contributed by atoms with Gasteiger partial charge in [0.15, 0.2) is 0 Å². The first-order valence-electron chi connectivity index (χ1n) is 8.98. The van der Waals surface area contributed by atoms with Crippen LogP contribution >= 0.6 is 0 Å². The third-order valence-electron chi connectivity index (χ3n) is 5.51. The van der Waals surface area contributed by atoms with E-state index in [-0.39, 0.29) is 5.91 Å². The second kappa shape index (κ2) is 7.18. The van der Waals surface area contributed by atoms with E-state index in [0.29, 0.717) is 38.4 Å². The molecule has 6 nitrogen and oxygen atoms in total. The standard InChI is InChI=1S/C17H29N3O3/c1-12-2-4-13(5-3-12)20(14-6-7-14)16(21)10-19-8-9-23-11-15(19)17(18)22/h12-15H,2-11H2,1H3,(H2,18,22). The lowest BCUT2D eigenvalue weighted by Crippen LogP contribution is -2.56. The maximum Gasteiger partial charge on any atom is 0.237 e. The van der Waals surface area contributed by atoms with Crippen LogP contribution in [0.3, 0.4) is 0 Å². The summed E-state index contributed by atoms with van der Waals surface area (Å²) in [4.78, 5) is 28.5. The number of amides is 2. The normalized spacial score (nSPS) is 32.5. The molecule has 0 aromatic carbocycles. The predicted molar refractivity (Wildman–Crippen MR) is 86.7 cm³/mol. The number of morpholine rings is 1. The highest BCUT2D eigenvalue weighted by Crippen LogP contribution is 2.35. The summed E-state index contributed by atoms with van der Waals surface area (Å²) in [5.74, 6) is 0.544. The maximum absolute atomic E-state index is 12.9. The molecule has 3 rings (SSSR count). The van der Waals surface area contributed by atoms with Crippen molar-refractivity contribution in [3.8, 4) is 0 Å². The van der Waals surface area contributed by atoms with Crippen molar-refractivity contribution in [3.63, 3.8) is 0 Å². The number of nitrogens with two attached hydrogens (primary N) is 1. The first-order valence-corrected chi connectivity index (χ1v) is 8.98. The third kappa shape index (κ3) is 4.04. The number of hydrogen-bond donors (Lipinski definition) is 1. The minimum absolute atomic E-state index is 0.167. The lowest BCUT2D eigenvalue weighted by atomic mass is 9.86. The van der Waals surface area contributed by atoms with E-state index in [1.54, 1.807) is 0 Å². The van der Waals surface area contributed by atoms with Gasteiger partial charge >= 0.3 is 0 Å². The zero-order chi connectivity index (χ0) is 16.4. The van der Waals surface area contributed by atoms with E-state index in [4.69, 9.17) is 10.5 Å². The van der Waals surface area contributed by atoms with Crippen LogP contribution < -0.4 is 5.73 Å². The average Bonchev–Trinajstić information content (AvgIpc) is 3.34. The summed E-state index contributed by atoms with van der Waals surface area (Å²) < 4.78 is 5.34. The Morgan fingerprint density at radius 1 is 1.13 bits per heavy atom. The summed E-state index contributed by atoms with van der Waals surface area (Å²) in [6.45, 7) is 4.04. The molecule has 1 aliphatic heterocycles. The molecule has 3 fully saturated rings. The summed E-state index contributed by atoms with van der Waals surface area (Å²) >= 11 is 0. The van der Waals surface area contributed by atoms with Crippen molar-refractivity contribution < 1.29 is 14.3 Å². The van der Waals surface area contributed by atoms with Gasteiger partial charge in [0.25, 0.3) is 0 Å². The van der Waals surface area contributed by atoms with Crippen LogP contribution in [0.1, 0.15) is 45.4 Å². The minimum atomic E-state index is -0.472. The fraction of sp³-hybridized carbons (Fsp3) is 0.882. The van der Waals surface area contributed by atoms with Crippen LogP contribution in [0.2, 0.25) is 0 Å². The fourth-order valence-electron chi connectivity index (χ4n) is 3.92. The summed E-state index contributed by atoms with van der Waals surface area (Å²) in [6.07, 6.45) is 6.91. The van der Waals surface area contributed by atoms with Crippen LogP contribution in [0.5, 0.6) is 0 Å². The number of carbonyl (C=O) groups excluding carboxylic acids is 2. The molecule has 2 aliphatic carbocycles. The van der Waals surface area contributed by atoms with Crippen molar-refractivity contribution in [2.24, 2.45) is 11.7 Å². The van der Waals surface area contributed by atoms with Crippen LogP contribution in [0.15, 0.2) is 0 Å². The molecule has 0 aromatic rings. The van der Waals surface area contributed by atoms with E-state index in [1.165, 1.54) is 12.8 Å². The summed E-state index contributed by atoms with van der Waals surface area (Å²) in [5.41, 5.74) is 5.45. The first kappa shape index (κ1) is 16.7. The number of primary amides is 1. The number of hydrogen-bond acceptors (Lipinski definition) is 4. The Bertz CT molecular complexity index is 444. The topological polar surface area (TPSA) is 75.9 Å². The molecule has 0 spiro atoms. The molecule has 2 saturated carbocycles. The largest absolute Gasteiger partial charge is 0.378 e. The second-order valence-corrected chi connectivity index (χ2v) is 7.41. The molecule has 2 amide bonds. The van der Waals surface area contributed by atoms with Crippen molar-refractivity contribution in [1.82, 2.24) is 9.80 Å². The summed E-state index contributed by atoms with van der Waals surface area (Å²) in [6, 6.07) is 0.341. The molecule has 1 unspecified atom stereocenters. The predicted octanol–water partition coefficient (Wildman–Crippen LogP) is 0.742. The van der Waals surface area contributed by atoms with Crippen molar-refractivity contribution in [2.45, 2.75) is 63.6 Å². The fourth-order valence-corrected chi connectivity index (χ4v) is 3.92. The van der Waals surface area contributed by atoms with Crippen LogP contribution in [0.4, 0.5) is 0 Å². The van der Waals surface area contributed by atoms with Gasteiger partial charge in [-0.25, -0.2) is 0 Å². The lowest BCUT2D eigenvalue weighted by Gasteiger charge is -2.39. The van der Waals surface area contributed by atoms with Crippen molar-refractivity contribution in [3.05, 3.63) is 0 Å². The van der Waals surface area contributed by atoms with Crippen molar-refractivity contribution in [2.75, 3.05) is 26.3 Å². The number of carbonyl (C=O) groups is 2. The molecule has 130 valence electrons. The van der Waals surface area contributed by atoms with Gasteiger partial charge in [0.05, 0.1) is 19.8 Å². The number of nitrogens with zero attached hydrogens (tertiary/aromatic N) is 2. The Balaban J connectivity index is 1.63. The molecular formula is C17H29N3O3. The molecule has 0 radical (unpaired) electrons. The van der Waals surface area contributed by atoms with Crippen LogP contribution in [-0.2, 0) is 14.3 Å². The number of ether oxygens (including phenoxy) is 1. The van der Waals surface area contributed by atoms with Crippen LogP contribution in [-0.4, -0.2) is 66.0 Å². The van der Waals surface area contributed by atoms with E-state index in [0.717, 1.165) is 31.6 Å². The minimum Gasteiger partial charge on any atom is -0.378 e. The maximum atomic E-state index is 12.9. The van der Waals surface area contributed by atoms with Crippen LogP contribution in [0.25, 0.3) is 0 Å². The third-order valence-corrected chi connectivity index (χ3v) is 5.51. The molecule has 0 bridgehead atoms. The molecular weight excluding hydrogens is 294 g/mol. The average molecular weight is 323 g/mol. The van der Waals surface area contributed by atoms with Gasteiger partial charge in [0.1, 0.15) is 6.04 Å². The highest BCUT2D eigenvalue weighted by Gasteiger charge is 2.40. The Labute approximate surface area is 138 Å². The second-order valence-electron chi connectivity index (χ2n) is 7.41. The summed E-state index contributed by atoms with van der Waals surface area (Å²) in [5, 5.41) is 0. The molecule has 23 heavy (non-hydrogen) atoms. The Morgan fingerprint density at radius 2 is 1.74 bits per heavy atom. The molecule has 1 heterocycles. The van der Waals surface area contributed by atoms with Gasteiger partial charge in [-0.3, -0.25) is 14.5 Å². The molecule has 1 atom stereocenters. The zero-order valence-corrected chi connectivity index (χ0v) is 14.1. The zero-order valence-electron chi connectivity index (χ0n) is 14.1. The molecule has 0 aromatic heterocycles. The SMILES string of the molecule is CC1CCC(N(C(=O)CN2CCOCC2C(N)=O)C2CC2)CC1.